The molecule has 18 heavy (non-hydrogen) atoms. The maximum Gasteiger partial charge on any atom is 0.311 e. The fourth-order valence-corrected chi connectivity index (χ4v) is 2.31. The average Bonchev–Trinajstić information content (AvgIpc) is 2.27. The smallest absolute Gasteiger partial charge is 0.311 e. The number of aryl methyl sites for hydroxylation is 1. The lowest BCUT2D eigenvalue weighted by Crippen LogP contribution is -2.46. The minimum absolute atomic E-state index is 0.00157. The Morgan fingerprint density at radius 1 is 1.56 bits per heavy atom. The Morgan fingerprint density at radius 3 is 2.89 bits per heavy atom. The third kappa shape index (κ3) is 2.59. The highest BCUT2D eigenvalue weighted by Crippen LogP contribution is 2.31. The van der Waals surface area contributed by atoms with Crippen LogP contribution in [-0.4, -0.2) is 33.7 Å². The largest absolute Gasteiger partial charge is 0.388 e. The Morgan fingerprint density at radius 2 is 2.28 bits per heavy atom. The molecule has 0 saturated carbocycles. The molecule has 0 radical (unpaired) electrons. The number of anilines is 1. The molecule has 0 amide bonds. The molecule has 0 spiro atoms. The number of piperidine rings is 1. The number of hydrogen-bond donors (Lipinski definition) is 1. The summed E-state index contributed by atoms with van der Waals surface area (Å²) >= 11 is 0. The first-order valence-corrected chi connectivity index (χ1v) is 5.98. The number of β-amino-alcohol motifs (C(OH)–C–C–N with tert-alkyl or cyclic N) is 1. The predicted molar refractivity (Wildman–Crippen MR) is 67.7 cm³/mol. The van der Waals surface area contributed by atoms with Gasteiger partial charge in [0.2, 0.25) is 5.82 Å². The van der Waals surface area contributed by atoms with E-state index in [1.807, 2.05) is 0 Å². The second-order valence-electron chi connectivity index (χ2n) is 5.07. The van der Waals surface area contributed by atoms with Crippen LogP contribution in [0, 0.1) is 17.0 Å². The van der Waals surface area contributed by atoms with Gasteiger partial charge < -0.3 is 10.0 Å². The van der Waals surface area contributed by atoms with Gasteiger partial charge in [0.1, 0.15) is 0 Å². The number of aliphatic hydroxyl groups is 1. The number of nitro groups is 1. The van der Waals surface area contributed by atoms with E-state index in [0.717, 1.165) is 12.1 Å². The van der Waals surface area contributed by atoms with Crippen LogP contribution >= 0.6 is 0 Å². The number of rotatable bonds is 2. The van der Waals surface area contributed by atoms with Gasteiger partial charge in [0.15, 0.2) is 0 Å². The van der Waals surface area contributed by atoms with E-state index in [-0.39, 0.29) is 5.69 Å². The molecule has 1 aliphatic rings. The summed E-state index contributed by atoms with van der Waals surface area (Å²) in [5, 5.41) is 21.1. The van der Waals surface area contributed by atoms with Gasteiger partial charge in [-0.25, -0.2) is 4.98 Å². The molecule has 98 valence electrons. The third-order valence-electron chi connectivity index (χ3n) is 3.16. The maximum absolute atomic E-state index is 11.0. The van der Waals surface area contributed by atoms with Crippen LogP contribution in [0.2, 0.25) is 0 Å². The van der Waals surface area contributed by atoms with Crippen molar-refractivity contribution in [3.05, 3.63) is 27.9 Å². The van der Waals surface area contributed by atoms with E-state index in [1.165, 1.54) is 6.07 Å². The molecule has 1 fully saturated rings. The number of hydrogen-bond acceptors (Lipinski definition) is 5. The van der Waals surface area contributed by atoms with E-state index in [4.69, 9.17) is 0 Å². The fraction of sp³-hybridized carbons (Fsp3) is 0.583. The second kappa shape index (κ2) is 4.53. The van der Waals surface area contributed by atoms with Gasteiger partial charge in [-0.05, 0) is 32.8 Å². The van der Waals surface area contributed by atoms with Gasteiger partial charge in [0, 0.05) is 24.8 Å². The highest BCUT2D eigenvalue weighted by molar-refractivity contribution is 5.58. The summed E-state index contributed by atoms with van der Waals surface area (Å²) < 4.78 is 0. The summed E-state index contributed by atoms with van der Waals surface area (Å²) in [5.74, 6) is 0.361. The molecular weight excluding hydrogens is 234 g/mol. The molecule has 0 aliphatic carbocycles. The Hall–Kier alpha value is -1.69. The summed E-state index contributed by atoms with van der Waals surface area (Å²) in [7, 11) is 0. The van der Waals surface area contributed by atoms with E-state index in [0.29, 0.717) is 25.3 Å². The fourth-order valence-electron chi connectivity index (χ4n) is 2.31. The maximum atomic E-state index is 11.0. The minimum Gasteiger partial charge on any atom is -0.388 e. The molecule has 0 aromatic carbocycles. The summed E-state index contributed by atoms with van der Waals surface area (Å²) in [5.41, 5.74) is -0.0727. The quantitative estimate of drug-likeness (QED) is 0.638. The molecule has 1 unspecified atom stereocenters. The molecule has 1 aromatic rings. The van der Waals surface area contributed by atoms with Gasteiger partial charge in [-0.3, -0.25) is 10.1 Å². The SMILES string of the molecule is Cc1ccc([N+](=O)[O-])c(N2CCCC(C)(O)C2)n1. The first-order valence-electron chi connectivity index (χ1n) is 5.98. The number of aromatic nitrogens is 1. The van der Waals surface area contributed by atoms with Gasteiger partial charge in [-0.15, -0.1) is 0 Å². The Kier molecular flexibility index (Phi) is 3.21. The van der Waals surface area contributed by atoms with Crippen molar-refractivity contribution in [1.82, 2.24) is 4.98 Å². The zero-order chi connectivity index (χ0) is 13.3. The van der Waals surface area contributed by atoms with Crippen LogP contribution < -0.4 is 4.90 Å². The van der Waals surface area contributed by atoms with E-state index in [9.17, 15) is 15.2 Å². The molecule has 6 nitrogen and oxygen atoms in total. The molecule has 2 rings (SSSR count). The van der Waals surface area contributed by atoms with Crippen LogP contribution in [-0.2, 0) is 0 Å². The lowest BCUT2D eigenvalue weighted by molar-refractivity contribution is -0.384. The molecular formula is C12H17N3O3. The molecule has 1 aliphatic heterocycles. The van der Waals surface area contributed by atoms with Gasteiger partial charge in [0.05, 0.1) is 10.5 Å². The van der Waals surface area contributed by atoms with Gasteiger partial charge in [-0.1, -0.05) is 0 Å². The van der Waals surface area contributed by atoms with E-state index >= 15 is 0 Å². The van der Waals surface area contributed by atoms with Crippen LogP contribution in [0.5, 0.6) is 0 Å². The second-order valence-corrected chi connectivity index (χ2v) is 5.07. The molecule has 0 bridgehead atoms. The number of nitrogens with zero attached hydrogens (tertiary/aromatic N) is 3. The lowest BCUT2D eigenvalue weighted by atomic mass is 9.95. The van der Waals surface area contributed by atoms with Crippen molar-refractivity contribution in [3.63, 3.8) is 0 Å². The highest BCUT2D eigenvalue weighted by Gasteiger charge is 2.32. The Bertz CT molecular complexity index is 474. The van der Waals surface area contributed by atoms with Crippen molar-refractivity contribution in [3.8, 4) is 0 Å². The minimum atomic E-state index is -0.808. The molecule has 6 heteroatoms. The first-order chi connectivity index (χ1) is 8.39. The highest BCUT2D eigenvalue weighted by atomic mass is 16.6. The van der Waals surface area contributed by atoms with Crippen molar-refractivity contribution in [2.75, 3.05) is 18.0 Å². The first kappa shape index (κ1) is 12.8. The predicted octanol–water partition coefficient (Wildman–Crippen LogP) is 1.65. The van der Waals surface area contributed by atoms with Crippen LogP contribution in [0.3, 0.4) is 0 Å². The van der Waals surface area contributed by atoms with E-state index in [1.54, 1.807) is 24.8 Å². The lowest BCUT2D eigenvalue weighted by Gasteiger charge is -2.37. The van der Waals surface area contributed by atoms with Crippen LogP contribution in [0.4, 0.5) is 11.5 Å². The third-order valence-corrected chi connectivity index (χ3v) is 3.16. The van der Waals surface area contributed by atoms with Crippen molar-refractivity contribution in [1.29, 1.82) is 0 Å². The van der Waals surface area contributed by atoms with Crippen molar-refractivity contribution < 1.29 is 10.0 Å². The summed E-state index contributed by atoms with van der Waals surface area (Å²) in [6, 6.07) is 3.10. The molecule has 2 heterocycles. The molecule has 1 atom stereocenters. The zero-order valence-electron chi connectivity index (χ0n) is 10.6. The van der Waals surface area contributed by atoms with Crippen molar-refractivity contribution >= 4 is 11.5 Å². The Balaban J connectivity index is 2.37. The monoisotopic (exact) mass is 251 g/mol. The topological polar surface area (TPSA) is 79.5 Å². The van der Waals surface area contributed by atoms with Gasteiger partial charge in [-0.2, -0.15) is 0 Å². The van der Waals surface area contributed by atoms with Crippen LogP contribution in [0.25, 0.3) is 0 Å². The molecule has 1 saturated heterocycles. The standard InChI is InChI=1S/C12H17N3O3/c1-9-4-5-10(15(17)18)11(13-9)14-7-3-6-12(2,16)8-14/h4-5,16H,3,6-8H2,1-2H3. The van der Waals surface area contributed by atoms with Gasteiger partial charge >= 0.3 is 5.69 Å². The zero-order valence-corrected chi connectivity index (χ0v) is 10.6. The Labute approximate surface area is 105 Å². The summed E-state index contributed by atoms with van der Waals surface area (Å²) in [6.45, 7) is 4.62. The van der Waals surface area contributed by atoms with E-state index < -0.39 is 10.5 Å². The average molecular weight is 251 g/mol. The van der Waals surface area contributed by atoms with Crippen molar-refractivity contribution in [2.24, 2.45) is 0 Å². The van der Waals surface area contributed by atoms with Crippen molar-refractivity contribution in [2.45, 2.75) is 32.3 Å². The summed E-state index contributed by atoms with van der Waals surface area (Å²) in [4.78, 5) is 16.6. The normalized spacial score (nSPS) is 24.1. The van der Waals surface area contributed by atoms with Crippen LogP contribution in [0.1, 0.15) is 25.5 Å². The molecule has 1 N–H and O–H groups in total. The molecule has 1 aromatic heterocycles. The van der Waals surface area contributed by atoms with E-state index in [2.05, 4.69) is 4.98 Å². The summed E-state index contributed by atoms with van der Waals surface area (Å²) in [6.07, 6.45) is 1.52. The van der Waals surface area contributed by atoms with Crippen LogP contribution in [0.15, 0.2) is 12.1 Å². The number of pyridine rings is 1. The van der Waals surface area contributed by atoms with Gasteiger partial charge in [0.25, 0.3) is 0 Å².